The number of hydrogen-bond acceptors (Lipinski definition) is 1. The van der Waals surface area contributed by atoms with Crippen molar-refractivity contribution < 1.29 is 0 Å². The van der Waals surface area contributed by atoms with Crippen LogP contribution in [0, 0.1) is 0 Å². The lowest BCUT2D eigenvalue weighted by atomic mass is 10.4. The molecule has 0 N–H and O–H groups in total. The van der Waals surface area contributed by atoms with Crippen LogP contribution in [0.3, 0.4) is 0 Å². The van der Waals surface area contributed by atoms with E-state index in [-0.39, 0.29) is 0 Å². The normalized spacial score (nSPS) is 11.8. The molecule has 0 rings (SSSR count). The highest BCUT2D eigenvalue weighted by Gasteiger charge is 1.83. The Hall–Kier alpha value is -0.170. The molecule has 0 spiro atoms. The fourth-order valence-electron chi connectivity index (χ4n) is 0.475. The second-order valence-corrected chi connectivity index (χ2v) is 2.34. The van der Waals surface area contributed by atoms with Crippen molar-refractivity contribution >= 4 is 11.6 Å². The summed E-state index contributed by atoms with van der Waals surface area (Å²) in [5.41, 5.74) is 1.19. The van der Waals surface area contributed by atoms with E-state index >= 15 is 0 Å². The van der Waals surface area contributed by atoms with Crippen molar-refractivity contribution in [3.8, 4) is 0 Å². The monoisotopic (exact) mass is 133 g/mol. The van der Waals surface area contributed by atoms with Gasteiger partial charge in [0.2, 0.25) is 0 Å². The third-order valence-corrected chi connectivity index (χ3v) is 1.11. The van der Waals surface area contributed by atoms with Crippen LogP contribution >= 0.6 is 11.6 Å². The Labute approximate surface area is 55.9 Å². The van der Waals surface area contributed by atoms with Gasteiger partial charge >= 0.3 is 0 Å². The molecule has 0 saturated carbocycles. The minimum absolute atomic E-state index is 0.623. The third-order valence-electron chi connectivity index (χ3n) is 0.689. The molecule has 0 radical (unpaired) electrons. The van der Waals surface area contributed by atoms with Gasteiger partial charge in [0.15, 0.2) is 0 Å². The van der Waals surface area contributed by atoms with E-state index < -0.39 is 0 Å². The molecule has 0 aliphatic carbocycles. The summed E-state index contributed by atoms with van der Waals surface area (Å²) >= 11 is 5.50. The van der Waals surface area contributed by atoms with Crippen LogP contribution in [-0.2, 0) is 0 Å². The Morgan fingerprint density at radius 3 is 2.25 bits per heavy atom. The van der Waals surface area contributed by atoms with E-state index in [1.54, 1.807) is 0 Å². The van der Waals surface area contributed by atoms with Crippen molar-refractivity contribution in [3.05, 3.63) is 11.8 Å². The van der Waals surface area contributed by atoms with Crippen LogP contribution < -0.4 is 0 Å². The maximum absolute atomic E-state index is 5.50. The van der Waals surface area contributed by atoms with Crippen molar-refractivity contribution in [2.24, 2.45) is 0 Å². The molecule has 1 nitrogen and oxygen atoms in total. The summed E-state index contributed by atoms with van der Waals surface area (Å²) in [6.45, 7) is 2.01. The molecule has 0 aliphatic heterocycles. The molecule has 0 aliphatic rings. The van der Waals surface area contributed by atoms with E-state index in [4.69, 9.17) is 11.6 Å². The minimum atomic E-state index is 0.623. The molecule has 0 saturated heterocycles. The standard InChI is InChI=1S/C6H12ClN/c1-6(4-7)5-8(2)3/h5H,4H2,1-3H3/b6-5-. The maximum atomic E-state index is 5.50. The van der Waals surface area contributed by atoms with Gasteiger partial charge in [-0.05, 0) is 18.7 Å². The summed E-state index contributed by atoms with van der Waals surface area (Å²) < 4.78 is 0. The summed E-state index contributed by atoms with van der Waals surface area (Å²) in [5, 5.41) is 0. The molecule has 0 amide bonds. The van der Waals surface area contributed by atoms with Crippen LogP contribution in [-0.4, -0.2) is 24.9 Å². The SMILES string of the molecule is C/C(=C/N(C)C)CCl. The zero-order valence-electron chi connectivity index (χ0n) is 5.61. The van der Waals surface area contributed by atoms with E-state index in [0.717, 1.165) is 0 Å². The predicted octanol–water partition coefficient (Wildman–Crippen LogP) is 1.69. The molecule has 0 aromatic rings. The van der Waals surface area contributed by atoms with E-state index in [2.05, 4.69) is 0 Å². The molecule has 8 heavy (non-hydrogen) atoms. The van der Waals surface area contributed by atoms with Gasteiger partial charge < -0.3 is 4.90 Å². The third kappa shape index (κ3) is 4.00. The number of alkyl halides is 1. The lowest BCUT2D eigenvalue weighted by Crippen LogP contribution is -2.02. The first-order valence-electron chi connectivity index (χ1n) is 2.56. The molecule has 0 heterocycles. The molecule has 0 aromatic heterocycles. The minimum Gasteiger partial charge on any atom is -0.383 e. The van der Waals surface area contributed by atoms with Crippen molar-refractivity contribution in [2.75, 3.05) is 20.0 Å². The highest BCUT2D eigenvalue weighted by molar-refractivity contribution is 6.19. The van der Waals surface area contributed by atoms with Crippen molar-refractivity contribution in [1.29, 1.82) is 0 Å². The summed E-state index contributed by atoms with van der Waals surface area (Å²) in [6, 6.07) is 0. The number of halogens is 1. The predicted molar refractivity (Wildman–Crippen MR) is 38.2 cm³/mol. The Bertz CT molecular complexity index is 86.5. The lowest BCUT2D eigenvalue weighted by Gasteiger charge is -2.04. The van der Waals surface area contributed by atoms with Crippen LogP contribution in [0.5, 0.6) is 0 Å². The smallest absolute Gasteiger partial charge is 0.0447 e. The Balaban J connectivity index is 3.56. The molecule has 0 fully saturated rings. The molecule has 0 atom stereocenters. The average Bonchev–Trinajstić information content (AvgIpc) is 1.65. The molecule has 2 heteroatoms. The van der Waals surface area contributed by atoms with E-state index in [1.807, 2.05) is 32.1 Å². The fraction of sp³-hybridized carbons (Fsp3) is 0.667. The van der Waals surface area contributed by atoms with Crippen LogP contribution in [0.1, 0.15) is 6.92 Å². The summed E-state index contributed by atoms with van der Waals surface area (Å²) in [7, 11) is 3.96. The van der Waals surface area contributed by atoms with Gasteiger partial charge in [0.05, 0.1) is 0 Å². The zero-order valence-corrected chi connectivity index (χ0v) is 6.37. The molecular weight excluding hydrogens is 122 g/mol. The van der Waals surface area contributed by atoms with Gasteiger partial charge in [-0.15, -0.1) is 11.6 Å². The first kappa shape index (κ1) is 7.83. The van der Waals surface area contributed by atoms with Gasteiger partial charge in [0.1, 0.15) is 0 Å². The van der Waals surface area contributed by atoms with Gasteiger partial charge in [-0.2, -0.15) is 0 Å². The molecule has 48 valence electrons. The van der Waals surface area contributed by atoms with Crippen molar-refractivity contribution in [1.82, 2.24) is 4.90 Å². The lowest BCUT2D eigenvalue weighted by molar-refractivity contribution is 0.558. The molecule has 0 unspecified atom stereocenters. The van der Waals surface area contributed by atoms with Gasteiger partial charge in [0, 0.05) is 20.0 Å². The molecule has 0 bridgehead atoms. The molecule has 0 aromatic carbocycles. The largest absolute Gasteiger partial charge is 0.383 e. The number of hydrogen-bond donors (Lipinski definition) is 0. The van der Waals surface area contributed by atoms with Crippen LogP contribution in [0.15, 0.2) is 11.8 Å². The Morgan fingerprint density at radius 1 is 1.62 bits per heavy atom. The number of rotatable bonds is 2. The van der Waals surface area contributed by atoms with Crippen molar-refractivity contribution in [2.45, 2.75) is 6.92 Å². The second-order valence-electron chi connectivity index (χ2n) is 2.07. The fourth-order valence-corrected chi connectivity index (χ4v) is 0.544. The summed E-state index contributed by atoms with van der Waals surface area (Å²) in [4.78, 5) is 1.98. The topological polar surface area (TPSA) is 3.24 Å². The van der Waals surface area contributed by atoms with Crippen LogP contribution in [0.2, 0.25) is 0 Å². The van der Waals surface area contributed by atoms with Crippen LogP contribution in [0.4, 0.5) is 0 Å². The first-order chi connectivity index (χ1) is 3.66. The van der Waals surface area contributed by atoms with Crippen molar-refractivity contribution in [3.63, 3.8) is 0 Å². The van der Waals surface area contributed by atoms with Gasteiger partial charge in [-0.25, -0.2) is 0 Å². The number of allylic oxidation sites excluding steroid dienone is 1. The Morgan fingerprint density at radius 2 is 2.12 bits per heavy atom. The summed E-state index contributed by atoms with van der Waals surface area (Å²) in [5.74, 6) is 0.623. The maximum Gasteiger partial charge on any atom is 0.0447 e. The first-order valence-corrected chi connectivity index (χ1v) is 3.10. The van der Waals surface area contributed by atoms with E-state index in [0.29, 0.717) is 5.88 Å². The van der Waals surface area contributed by atoms with E-state index in [1.165, 1.54) is 5.57 Å². The summed E-state index contributed by atoms with van der Waals surface area (Å²) in [6.07, 6.45) is 2.01. The number of nitrogens with zero attached hydrogens (tertiary/aromatic N) is 1. The highest BCUT2D eigenvalue weighted by Crippen LogP contribution is 1.94. The molecular formula is C6H12ClN. The van der Waals surface area contributed by atoms with Gasteiger partial charge in [-0.3, -0.25) is 0 Å². The van der Waals surface area contributed by atoms with Crippen LogP contribution in [0.25, 0.3) is 0 Å². The average molecular weight is 134 g/mol. The zero-order chi connectivity index (χ0) is 6.57. The van der Waals surface area contributed by atoms with E-state index in [9.17, 15) is 0 Å². The highest BCUT2D eigenvalue weighted by atomic mass is 35.5. The van der Waals surface area contributed by atoms with Gasteiger partial charge in [0.25, 0.3) is 0 Å². The second kappa shape index (κ2) is 3.79. The Kier molecular flexibility index (Phi) is 3.71. The quantitative estimate of drug-likeness (QED) is 0.519. The van der Waals surface area contributed by atoms with Gasteiger partial charge in [-0.1, -0.05) is 0 Å².